The van der Waals surface area contributed by atoms with Crippen LogP contribution < -0.4 is 4.90 Å². The predicted octanol–water partition coefficient (Wildman–Crippen LogP) is 2.88. The molecule has 2 rings (SSSR count). The minimum absolute atomic E-state index is 0.0332. The summed E-state index contributed by atoms with van der Waals surface area (Å²) in [4.78, 5) is 23.5. The predicted molar refractivity (Wildman–Crippen MR) is 81.9 cm³/mol. The molecule has 116 valence electrons. The Balaban J connectivity index is 2.04. The van der Waals surface area contributed by atoms with Gasteiger partial charge in [0, 0.05) is 24.7 Å². The van der Waals surface area contributed by atoms with Crippen LogP contribution in [-0.2, 0) is 0 Å². The molecule has 21 heavy (non-hydrogen) atoms. The maximum absolute atomic E-state index is 11.5. The minimum atomic E-state index is -0.858. The lowest BCUT2D eigenvalue weighted by molar-refractivity contribution is 0.0616. The van der Waals surface area contributed by atoms with Crippen LogP contribution >= 0.6 is 11.6 Å². The summed E-state index contributed by atoms with van der Waals surface area (Å²) in [5.74, 6) is 0.749. The van der Waals surface area contributed by atoms with Crippen LogP contribution in [0, 0.1) is 0 Å². The quantitative estimate of drug-likeness (QED) is 0.909. The van der Waals surface area contributed by atoms with Gasteiger partial charge in [-0.25, -0.2) is 9.78 Å². The normalized spacial score (nSPS) is 16.9. The Kier molecular flexibility index (Phi) is 4.56. The van der Waals surface area contributed by atoms with Crippen LogP contribution in [0.1, 0.15) is 33.6 Å². The van der Waals surface area contributed by atoms with E-state index in [9.17, 15) is 9.90 Å². The molecular weight excluding hydrogens is 292 g/mol. The molecule has 1 aromatic heterocycles. The van der Waals surface area contributed by atoms with Crippen molar-refractivity contribution in [2.45, 2.75) is 45.2 Å². The highest BCUT2D eigenvalue weighted by Gasteiger charge is 2.35. The molecule has 1 aliphatic heterocycles. The molecule has 0 aliphatic carbocycles. The molecule has 0 aromatic carbocycles. The highest BCUT2D eigenvalue weighted by atomic mass is 35.5. The number of carboxylic acid groups (broad SMARTS) is 1. The van der Waals surface area contributed by atoms with Crippen LogP contribution in [0.4, 0.5) is 10.6 Å². The molecule has 1 amide bonds. The van der Waals surface area contributed by atoms with E-state index in [0.717, 1.165) is 31.7 Å². The van der Waals surface area contributed by atoms with Gasteiger partial charge in [-0.2, -0.15) is 0 Å². The molecule has 1 aromatic rings. The zero-order chi connectivity index (χ0) is 15.6. The third kappa shape index (κ3) is 3.75. The average Bonchev–Trinajstić information content (AvgIpc) is 2.37. The van der Waals surface area contributed by atoms with E-state index in [4.69, 9.17) is 11.6 Å². The van der Waals surface area contributed by atoms with Crippen LogP contribution in [0.2, 0.25) is 5.15 Å². The van der Waals surface area contributed by atoms with Crippen LogP contribution in [0.5, 0.6) is 0 Å². The molecule has 0 atom stereocenters. The molecule has 0 radical (unpaired) electrons. The summed E-state index contributed by atoms with van der Waals surface area (Å²) in [5.41, 5.74) is -0.394. The molecule has 0 spiro atoms. The number of carbonyl (C=O) groups is 1. The van der Waals surface area contributed by atoms with E-state index in [-0.39, 0.29) is 6.04 Å². The van der Waals surface area contributed by atoms with Gasteiger partial charge >= 0.3 is 6.09 Å². The van der Waals surface area contributed by atoms with Gasteiger partial charge in [0.1, 0.15) is 11.0 Å². The number of nitrogens with zero attached hydrogens (tertiary/aromatic N) is 4. The number of halogens is 1. The van der Waals surface area contributed by atoms with E-state index in [1.54, 1.807) is 11.1 Å². The van der Waals surface area contributed by atoms with Crippen molar-refractivity contribution in [2.24, 2.45) is 0 Å². The molecule has 7 heteroatoms. The average molecular weight is 313 g/mol. The second kappa shape index (κ2) is 6.05. The Labute approximate surface area is 129 Å². The lowest BCUT2D eigenvalue weighted by Crippen LogP contribution is -2.54. The Hall–Kier alpha value is -1.56. The number of hydrogen-bond donors (Lipinski definition) is 1. The standard InChI is InChI=1S/C14H21ClN4O2/c1-14(2,3)19(13(20)21)10-4-6-18(7-5-10)12-9-16-8-11(15)17-12/h8-10H,4-7H2,1-3H3,(H,20,21). The van der Waals surface area contributed by atoms with Crippen molar-refractivity contribution in [3.8, 4) is 0 Å². The number of hydrogen-bond acceptors (Lipinski definition) is 4. The van der Waals surface area contributed by atoms with Crippen molar-refractivity contribution >= 4 is 23.5 Å². The van der Waals surface area contributed by atoms with Crippen LogP contribution in [0.15, 0.2) is 12.4 Å². The molecular formula is C14H21ClN4O2. The van der Waals surface area contributed by atoms with Gasteiger partial charge in [-0.05, 0) is 33.6 Å². The zero-order valence-electron chi connectivity index (χ0n) is 12.6. The third-order valence-corrected chi connectivity index (χ3v) is 3.86. The van der Waals surface area contributed by atoms with Crippen molar-refractivity contribution in [3.05, 3.63) is 17.5 Å². The summed E-state index contributed by atoms with van der Waals surface area (Å²) in [6.07, 6.45) is 3.88. The smallest absolute Gasteiger partial charge is 0.407 e. The van der Waals surface area contributed by atoms with E-state index in [1.165, 1.54) is 6.20 Å². The Morgan fingerprint density at radius 2 is 2.00 bits per heavy atom. The summed E-state index contributed by atoms with van der Waals surface area (Å²) in [5, 5.41) is 9.82. The lowest BCUT2D eigenvalue weighted by atomic mass is 9.97. The van der Waals surface area contributed by atoms with E-state index < -0.39 is 11.6 Å². The molecule has 0 bridgehead atoms. The summed E-state index contributed by atoms with van der Waals surface area (Å²) in [6.45, 7) is 7.28. The van der Waals surface area contributed by atoms with Crippen molar-refractivity contribution in [3.63, 3.8) is 0 Å². The van der Waals surface area contributed by atoms with Gasteiger partial charge in [-0.1, -0.05) is 11.6 Å². The Morgan fingerprint density at radius 3 is 2.48 bits per heavy atom. The third-order valence-electron chi connectivity index (χ3n) is 3.67. The van der Waals surface area contributed by atoms with Gasteiger partial charge in [0.15, 0.2) is 0 Å². The summed E-state index contributed by atoms with van der Waals surface area (Å²) in [6, 6.07) is 0.0332. The van der Waals surface area contributed by atoms with E-state index in [0.29, 0.717) is 5.15 Å². The SMILES string of the molecule is CC(C)(C)N(C(=O)O)C1CCN(c2cncc(Cl)n2)CC1. The van der Waals surface area contributed by atoms with Crippen LogP contribution in [-0.4, -0.2) is 50.7 Å². The molecule has 2 heterocycles. The number of amides is 1. The van der Waals surface area contributed by atoms with Crippen molar-refractivity contribution < 1.29 is 9.90 Å². The minimum Gasteiger partial charge on any atom is -0.465 e. The number of aromatic nitrogens is 2. The first kappa shape index (κ1) is 15.8. The molecule has 1 saturated heterocycles. The molecule has 0 saturated carbocycles. The van der Waals surface area contributed by atoms with Gasteiger partial charge in [0.2, 0.25) is 0 Å². The molecule has 6 nitrogen and oxygen atoms in total. The van der Waals surface area contributed by atoms with E-state index in [1.807, 2.05) is 20.8 Å². The van der Waals surface area contributed by atoms with Gasteiger partial charge in [0.25, 0.3) is 0 Å². The zero-order valence-corrected chi connectivity index (χ0v) is 13.3. The maximum atomic E-state index is 11.5. The molecule has 1 N–H and O–H groups in total. The molecule has 1 fully saturated rings. The fraction of sp³-hybridized carbons (Fsp3) is 0.643. The molecule has 0 unspecified atom stereocenters. The highest BCUT2D eigenvalue weighted by molar-refractivity contribution is 6.29. The Morgan fingerprint density at radius 1 is 1.38 bits per heavy atom. The second-order valence-corrected chi connectivity index (χ2v) is 6.63. The topological polar surface area (TPSA) is 69.6 Å². The fourth-order valence-electron chi connectivity index (χ4n) is 2.83. The highest BCUT2D eigenvalue weighted by Crippen LogP contribution is 2.26. The Bertz CT molecular complexity index is 510. The fourth-order valence-corrected chi connectivity index (χ4v) is 2.97. The van der Waals surface area contributed by atoms with E-state index >= 15 is 0 Å². The molecule has 1 aliphatic rings. The summed E-state index contributed by atoms with van der Waals surface area (Å²) < 4.78 is 0. The largest absolute Gasteiger partial charge is 0.465 e. The monoisotopic (exact) mass is 312 g/mol. The van der Waals surface area contributed by atoms with Crippen LogP contribution in [0.25, 0.3) is 0 Å². The number of piperidine rings is 1. The first-order valence-corrected chi connectivity index (χ1v) is 7.41. The van der Waals surface area contributed by atoms with Gasteiger partial charge in [-0.3, -0.25) is 4.98 Å². The van der Waals surface area contributed by atoms with Crippen LogP contribution in [0.3, 0.4) is 0 Å². The van der Waals surface area contributed by atoms with Crippen molar-refractivity contribution in [1.82, 2.24) is 14.9 Å². The summed E-state index contributed by atoms with van der Waals surface area (Å²) >= 11 is 5.86. The van der Waals surface area contributed by atoms with Crippen molar-refractivity contribution in [2.75, 3.05) is 18.0 Å². The number of anilines is 1. The second-order valence-electron chi connectivity index (χ2n) is 6.24. The van der Waals surface area contributed by atoms with Crippen molar-refractivity contribution in [1.29, 1.82) is 0 Å². The lowest BCUT2D eigenvalue weighted by Gasteiger charge is -2.43. The van der Waals surface area contributed by atoms with Gasteiger partial charge in [0.05, 0.1) is 12.4 Å². The first-order valence-electron chi connectivity index (χ1n) is 7.04. The summed E-state index contributed by atoms with van der Waals surface area (Å²) in [7, 11) is 0. The van der Waals surface area contributed by atoms with Gasteiger partial charge in [-0.15, -0.1) is 0 Å². The van der Waals surface area contributed by atoms with Gasteiger partial charge < -0.3 is 14.9 Å². The van der Waals surface area contributed by atoms with E-state index in [2.05, 4.69) is 14.9 Å². The number of rotatable bonds is 2. The first-order chi connectivity index (χ1) is 9.79. The maximum Gasteiger partial charge on any atom is 0.407 e.